The van der Waals surface area contributed by atoms with Gasteiger partial charge in [-0.1, -0.05) is 0 Å². The minimum absolute atomic E-state index is 0.338. The van der Waals surface area contributed by atoms with Gasteiger partial charge < -0.3 is 15.3 Å². The van der Waals surface area contributed by atoms with Gasteiger partial charge in [-0.2, -0.15) is 0 Å². The molecule has 2 unspecified atom stereocenters. The van der Waals surface area contributed by atoms with Crippen molar-refractivity contribution >= 4 is 33.2 Å². The molecular weight excluding hydrogens is 334 g/mol. The van der Waals surface area contributed by atoms with E-state index in [0.29, 0.717) is 11.6 Å². The quantitative estimate of drug-likeness (QED) is 0.808. The van der Waals surface area contributed by atoms with Gasteiger partial charge in [-0.3, -0.25) is 9.69 Å². The Labute approximate surface area is 132 Å². The summed E-state index contributed by atoms with van der Waals surface area (Å²) in [6.45, 7) is 4.37. The zero-order valence-corrected chi connectivity index (χ0v) is 13.3. The molecule has 2 fully saturated rings. The highest BCUT2D eigenvalue weighted by atomic mass is 79.9. The Bertz CT molecular complexity index is 607. The van der Waals surface area contributed by atoms with E-state index in [1.807, 2.05) is 12.1 Å². The monoisotopic (exact) mass is 351 g/mol. The molecule has 112 valence electrons. The van der Waals surface area contributed by atoms with Crippen molar-refractivity contribution in [3.8, 4) is 0 Å². The number of hydrogen-bond donors (Lipinski definition) is 2. The molecule has 0 radical (unpaired) electrons. The molecular formula is C15H18BrN3O2. The number of nitrogens with one attached hydrogen (secondary N) is 1. The maximum atomic E-state index is 11.6. The van der Waals surface area contributed by atoms with Crippen LogP contribution in [0.3, 0.4) is 0 Å². The Hall–Kier alpha value is -1.11. The van der Waals surface area contributed by atoms with Gasteiger partial charge in [0.05, 0.1) is 5.69 Å². The van der Waals surface area contributed by atoms with Gasteiger partial charge in [0.25, 0.3) is 5.91 Å². The minimum atomic E-state index is -1.04. The van der Waals surface area contributed by atoms with Crippen LogP contribution in [0.5, 0.6) is 0 Å². The summed E-state index contributed by atoms with van der Waals surface area (Å²) in [5.74, 6) is -0.338. The lowest BCUT2D eigenvalue weighted by molar-refractivity contribution is -0.123. The van der Waals surface area contributed by atoms with Crippen molar-refractivity contribution < 1.29 is 9.90 Å². The number of hydrogen-bond acceptors (Lipinski definition) is 4. The van der Waals surface area contributed by atoms with Crippen LogP contribution in [0.2, 0.25) is 0 Å². The molecule has 6 heteroatoms. The fourth-order valence-corrected chi connectivity index (χ4v) is 4.32. The minimum Gasteiger partial charge on any atom is -0.378 e. The van der Waals surface area contributed by atoms with Gasteiger partial charge in [0.2, 0.25) is 0 Å². The topological polar surface area (TPSA) is 55.8 Å². The summed E-state index contributed by atoms with van der Waals surface area (Å²) in [5, 5.41) is 12.6. The van der Waals surface area contributed by atoms with Crippen LogP contribution < -0.4 is 10.2 Å². The SMILES string of the molecule is O=C1Nc2cc(N3CCN4CCCC4C3)c(Br)cc2C1O. The molecule has 1 aromatic carbocycles. The van der Waals surface area contributed by atoms with E-state index in [1.165, 1.54) is 19.4 Å². The van der Waals surface area contributed by atoms with E-state index in [1.54, 1.807) is 0 Å². The normalized spacial score (nSPS) is 28.5. The van der Waals surface area contributed by atoms with Crippen molar-refractivity contribution in [1.29, 1.82) is 0 Å². The van der Waals surface area contributed by atoms with Gasteiger partial charge in [-0.05, 0) is 47.4 Å². The van der Waals surface area contributed by atoms with Crippen LogP contribution in [0.15, 0.2) is 16.6 Å². The number of aliphatic hydroxyl groups excluding tert-OH is 1. The average Bonchev–Trinajstić information content (AvgIpc) is 3.04. The fraction of sp³-hybridized carbons (Fsp3) is 0.533. The molecule has 3 heterocycles. The number of carbonyl (C=O) groups is 1. The molecule has 0 spiro atoms. The van der Waals surface area contributed by atoms with Crippen LogP contribution in [0.4, 0.5) is 11.4 Å². The number of anilines is 2. The molecule has 2 atom stereocenters. The lowest BCUT2D eigenvalue weighted by Crippen LogP contribution is -2.50. The second-order valence-corrected chi connectivity index (χ2v) is 6.92. The standard InChI is InChI=1S/C15H18BrN3O2/c16-11-6-10-12(17-15(21)14(10)20)7-13(11)19-5-4-18-3-1-2-9(18)8-19/h6-7,9,14,20H,1-5,8H2,(H,17,21). The Kier molecular flexibility index (Phi) is 3.20. The molecule has 5 nitrogen and oxygen atoms in total. The molecule has 1 amide bonds. The summed E-state index contributed by atoms with van der Waals surface area (Å²) in [7, 11) is 0. The van der Waals surface area contributed by atoms with E-state index >= 15 is 0 Å². The summed E-state index contributed by atoms with van der Waals surface area (Å²) >= 11 is 3.60. The van der Waals surface area contributed by atoms with Gasteiger partial charge in [0.1, 0.15) is 0 Å². The Morgan fingerprint density at radius 1 is 1.29 bits per heavy atom. The molecule has 4 rings (SSSR count). The van der Waals surface area contributed by atoms with Gasteiger partial charge in [0.15, 0.2) is 6.10 Å². The molecule has 2 saturated heterocycles. The predicted octanol–water partition coefficient (Wildman–Crippen LogP) is 1.72. The second kappa shape index (κ2) is 4.97. The first-order valence-electron chi connectivity index (χ1n) is 7.45. The van der Waals surface area contributed by atoms with E-state index in [4.69, 9.17) is 0 Å². The van der Waals surface area contributed by atoms with Crippen LogP contribution in [0, 0.1) is 0 Å². The van der Waals surface area contributed by atoms with E-state index in [2.05, 4.69) is 31.0 Å². The highest BCUT2D eigenvalue weighted by molar-refractivity contribution is 9.10. The summed E-state index contributed by atoms with van der Waals surface area (Å²) < 4.78 is 0.947. The third-order valence-electron chi connectivity index (χ3n) is 4.85. The van der Waals surface area contributed by atoms with Crippen LogP contribution >= 0.6 is 15.9 Å². The number of aliphatic hydroxyl groups is 1. The smallest absolute Gasteiger partial charge is 0.257 e. The van der Waals surface area contributed by atoms with Crippen molar-refractivity contribution in [2.45, 2.75) is 25.0 Å². The van der Waals surface area contributed by atoms with E-state index in [-0.39, 0.29) is 5.91 Å². The molecule has 0 aliphatic carbocycles. The first kappa shape index (κ1) is 13.5. The summed E-state index contributed by atoms with van der Waals surface area (Å²) in [6, 6.07) is 4.51. The first-order chi connectivity index (χ1) is 10.1. The van der Waals surface area contributed by atoms with Gasteiger partial charge in [-0.15, -0.1) is 0 Å². The Morgan fingerprint density at radius 3 is 3.00 bits per heavy atom. The van der Waals surface area contributed by atoms with Crippen molar-refractivity contribution in [2.75, 3.05) is 36.4 Å². The highest BCUT2D eigenvalue weighted by Crippen LogP contribution is 2.40. The van der Waals surface area contributed by atoms with Crippen LogP contribution in [-0.2, 0) is 4.79 Å². The number of fused-ring (bicyclic) bond motifs is 2. The third kappa shape index (κ3) is 2.17. The highest BCUT2D eigenvalue weighted by Gasteiger charge is 2.33. The number of halogens is 1. The molecule has 3 aliphatic rings. The van der Waals surface area contributed by atoms with E-state index in [0.717, 1.165) is 35.5 Å². The average molecular weight is 352 g/mol. The number of benzene rings is 1. The largest absolute Gasteiger partial charge is 0.378 e. The van der Waals surface area contributed by atoms with Crippen molar-refractivity contribution in [3.05, 3.63) is 22.2 Å². The molecule has 0 bridgehead atoms. The molecule has 21 heavy (non-hydrogen) atoms. The molecule has 0 aromatic heterocycles. The van der Waals surface area contributed by atoms with Crippen molar-refractivity contribution in [3.63, 3.8) is 0 Å². The summed E-state index contributed by atoms with van der Waals surface area (Å²) in [6.07, 6.45) is 1.53. The lowest BCUT2D eigenvalue weighted by Gasteiger charge is -2.39. The zero-order valence-electron chi connectivity index (χ0n) is 11.7. The van der Waals surface area contributed by atoms with Crippen molar-refractivity contribution in [2.24, 2.45) is 0 Å². The Balaban J connectivity index is 1.64. The number of carbonyl (C=O) groups excluding carboxylic acids is 1. The lowest BCUT2D eigenvalue weighted by atomic mass is 10.1. The number of rotatable bonds is 1. The van der Waals surface area contributed by atoms with E-state index < -0.39 is 6.10 Å². The van der Waals surface area contributed by atoms with E-state index in [9.17, 15) is 9.90 Å². The van der Waals surface area contributed by atoms with Gasteiger partial charge in [-0.25, -0.2) is 0 Å². The predicted molar refractivity (Wildman–Crippen MR) is 84.5 cm³/mol. The number of nitrogens with zero attached hydrogens (tertiary/aromatic N) is 2. The molecule has 3 aliphatic heterocycles. The Morgan fingerprint density at radius 2 is 2.14 bits per heavy atom. The van der Waals surface area contributed by atoms with Crippen LogP contribution in [0.25, 0.3) is 0 Å². The number of amides is 1. The third-order valence-corrected chi connectivity index (χ3v) is 5.48. The zero-order chi connectivity index (χ0) is 14.6. The second-order valence-electron chi connectivity index (χ2n) is 6.06. The molecule has 2 N–H and O–H groups in total. The summed E-state index contributed by atoms with van der Waals surface area (Å²) in [4.78, 5) is 16.5. The van der Waals surface area contributed by atoms with Crippen LogP contribution in [-0.4, -0.2) is 48.1 Å². The number of piperazine rings is 1. The van der Waals surface area contributed by atoms with Crippen molar-refractivity contribution in [1.82, 2.24) is 4.90 Å². The fourth-order valence-electron chi connectivity index (χ4n) is 3.71. The summed E-state index contributed by atoms with van der Waals surface area (Å²) in [5.41, 5.74) is 2.50. The maximum Gasteiger partial charge on any atom is 0.257 e. The van der Waals surface area contributed by atoms with Gasteiger partial charge >= 0.3 is 0 Å². The van der Waals surface area contributed by atoms with Crippen LogP contribution in [0.1, 0.15) is 24.5 Å². The maximum absolute atomic E-state index is 11.6. The van der Waals surface area contributed by atoms with Gasteiger partial charge in [0, 0.05) is 41.4 Å². The first-order valence-corrected chi connectivity index (χ1v) is 8.24. The molecule has 1 aromatic rings. The molecule has 0 saturated carbocycles.